The van der Waals surface area contributed by atoms with Gasteiger partial charge in [-0.05, 0) is 42.0 Å². The summed E-state index contributed by atoms with van der Waals surface area (Å²) in [6, 6.07) is 11.9. The largest absolute Gasteiger partial charge is 0.322 e. The number of nitrogens with one attached hydrogen (secondary N) is 1. The number of amides is 1. The van der Waals surface area contributed by atoms with Gasteiger partial charge >= 0.3 is 0 Å². The summed E-state index contributed by atoms with van der Waals surface area (Å²) in [6.45, 7) is -0.732. The maximum absolute atomic E-state index is 13.8. The number of hydrogen-bond acceptors (Lipinski definition) is 4. The predicted molar refractivity (Wildman–Crippen MR) is 108 cm³/mol. The second-order valence-electron chi connectivity index (χ2n) is 6.26. The monoisotopic (exact) mass is 451 g/mol. The minimum atomic E-state index is -4.09. The molecule has 3 rings (SSSR count). The van der Waals surface area contributed by atoms with Crippen LogP contribution in [0.25, 0.3) is 0 Å². The molecule has 10 heteroatoms. The van der Waals surface area contributed by atoms with E-state index < -0.39 is 34.1 Å². The Balaban J connectivity index is 1.86. The van der Waals surface area contributed by atoms with Crippen LogP contribution in [0.3, 0.4) is 0 Å². The summed E-state index contributed by atoms with van der Waals surface area (Å²) >= 11 is 5.87. The molecule has 1 aromatic heterocycles. The lowest BCUT2D eigenvalue weighted by molar-refractivity contribution is -0.116. The fourth-order valence-corrected chi connectivity index (χ4v) is 4.08. The van der Waals surface area contributed by atoms with Crippen molar-refractivity contribution in [2.45, 2.75) is 11.4 Å². The lowest BCUT2D eigenvalue weighted by Crippen LogP contribution is -2.37. The zero-order chi connectivity index (χ0) is 21.7. The van der Waals surface area contributed by atoms with Crippen molar-refractivity contribution in [1.29, 1.82) is 0 Å². The number of hydrogen-bond donors (Lipinski definition) is 1. The van der Waals surface area contributed by atoms with Crippen molar-refractivity contribution < 1.29 is 22.0 Å². The number of rotatable bonds is 7. The minimum Gasteiger partial charge on any atom is -0.322 e. The molecule has 0 saturated carbocycles. The number of nitrogens with zero attached hydrogens (tertiary/aromatic N) is 2. The molecule has 0 radical (unpaired) electrons. The van der Waals surface area contributed by atoms with Gasteiger partial charge in [-0.2, -0.15) is 4.31 Å². The van der Waals surface area contributed by atoms with E-state index in [-0.39, 0.29) is 17.1 Å². The second kappa shape index (κ2) is 9.29. The summed E-state index contributed by atoms with van der Waals surface area (Å²) in [5.74, 6) is -2.56. The maximum atomic E-state index is 13.8. The van der Waals surface area contributed by atoms with Crippen LogP contribution in [0.15, 0.2) is 71.9 Å². The molecule has 0 aliphatic rings. The predicted octanol–water partition coefficient (Wildman–Crippen LogP) is 3.84. The highest BCUT2D eigenvalue weighted by atomic mass is 35.5. The fourth-order valence-electron chi connectivity index (χ4n) is 2.61. The Morgan fingerprint density at radius 3 is 2.47 bits per heavy atom. The van der Waals surface area contributed by atoms with Crippen molar-refractivity contribution in [2.24, 2.45) is 0 Å². The molecule has 0 spiro atoms. The van der Waals surface area contributed by atoms with Crippen molar-refractivity contribution in [1.82, 2.24) is 9.29 Å². The number of carbonyl (C=O) groups excluding carboxylic acids is 1. The molecule has 0 aliphatic heterocycles. The summed E-state index contributed by atoms with van der Waals surface area (Å²) in [7, 11) is -4.09. The molecule has 0 aliphatic carbocycles. The highest BCUT2D eigenvalue weighted by Gasteiger charge is 2.27. The summed E-state index contributed by atoms with van der Waals surface area (Å²) in [5.41, 5.74) is 0.333. The van der Waals surface area contributed by atoms with Gasteiger partial charge in [0.2, 0.25) is 15.9 Å². The SMILES string of the molecule is O=C(CN(Cc1ccc(Cl)cc1)S(=O)(=O)c1cccnc1)Nc1ccc(F)cc1F. The highest BCUT2D eigenvalue weighted by Crippen LogP contribution is 2.20. The van der Waals surface area contributed by atoms with Gasteiger partial charge in [0.15, 0.2) is 0 Å². The zero-order valence-electron chi connectivity index (χ0n) is 15.4. The lowest BCUT2D eigenvalue weighted by atomic mass is 10.2. The third-order valence-corrected chi connectivity index (χ3v) is 6.10. The van der Waals surface area contributed by atoms with Gasteiger partial charge in [0.1, 0.15) is 16.5 Å². The molecule has 0 fully saturated rings. The molecule has 30 heavy (non-hydrogen) atoms. The Hall–Kier alpha value is -2.88. The molecule has 0 bridgehead atoms. The number of halogens is 3. The zero-order valence-corrected chi connectivity index (χ0v) is 17.0. The number of benzene rings is 2. The van der Waals surface area contributed by atoms with Gasteiger partial charge in [0, 0.05) is 30.0 Å². The Labute approximate surface area is 177 Å². The number of pyridine rings is 1. The van der Waals surface area contributed by atoms with Crippen LogP contribution in [0.1, 0.15) is 5.56 Å². The third kappa shape index (κ3) is 5.38. The van der Waals surface area contributed by atoms with Gasteiger partial charge in [-0.1, -0.05) is 23.7 Å². The fraction of sp³-hybridized carbons (Fsp3) is 0.100. The first-order valence-corrected chi connectivity index (χ1v) is 10.5. The Morgan fingerprint density at radius 1 is 1.10 bits per heavy atom. The normalized spacial score (nSPS) is 11.5. The van der Waals surface area contributed by atoms with Gasteiger partial charge < -0.3 is 5.32 Å². The molecule has 1 heterocycles. The van der Waals surface area contributed by atoms with Crippen LogP contribution in [0, 0.1) is 11.6 Å². The average molecular weight is 452 g/mol. The molecular weight excluding hydrogens is 436 g/mol. The van der Waals surface area contributed by atoms with E-state index >= 15 is 0 Å². The van der Waals surface area contributed by atoms with Gasteiger partial charge in [-0.15, -0.1) is 0 Å². The van der Waals surface area contributed by atoms with Crippen molar-refractivity contribution in [3.05, 3.63) is 89.2 Å². The molecule has 3 aromatic rings. The van der Waals surface area contributed by atoms with Gasteiger partial charge in [0.25, 0.3) is 0 Å². The molecule has 1 amide bonds. The summed E-state index contributed by atoms with van der Waals surface area (Å²) in [4.78, 5) is 16.2. The van der Waals surface area contributed by atoms with E-state index in [0.717, 1.165) is 16.4 Å². The van der Waals surface area contributed by atoms with E-state index in [0.29, 0.717) is 16.7 Å². The quantitative estimate of drug-likeness (QED) is 0.592. The first kappa shape index (κ1) is 21.8. The molecule has 156 valence electrons. The number of sulfonamides is 1. The van der Waals surface area contributed by atoms with Crippen molar-refractivity contribution in [3.8, 4) is 0 Å². The van der Waals surface area contributed by atoms with Crippen LogP contribution < -0.4 is 5.32 Å². The maximum Gasteiger partial charge on any atom is 0.245 e. The smallest absolute Gasteiger partial charge is 0.245 e. The van der Waals surface area contributed by atoms with E-state index in [4.69, 9.17) is 11.6 Å². The molecule has 1 N–H and O–H groups in total. The first-order chi connectivity index (χ1) is 14.3. The van der Waals surface area contributed by atoms with Crippen molar-refractivity contribution in [2.75, 3.05) is 11.9 Å². The highest BCUT2D eigenvalue weighted by molar-refractivity contribution is 7.89. The molecular formula is C20H16ClF2N3O3S. The van der Waals surface area contributed by atoms with Crippen LogP contribution in [0.5, 0.6) is 0 Å². The van der Waals surface area contributed by atoms with Gasteiger partial charge in [-0.25, -0.2) is 17.2 Å². The Kier molecular flexibility index (Phi) is 6.76. The summed E-state index contributed by atoms with van der Waals surface area (Å²) in [6.07, 6.45) is 2.59. The van der Waals surface area contributed by atoms with Crippen molar-refractivity contribution in [3.63, 3.8) is 0 Å². The third-order valence-electron chi connectivity index (χ3n) is 4.07. The second-order valence-corrected chi connectivity index (χ2v) is 8.64. The Bertz CT molecular complexity index is 1140. The number of carbonyl (C=O) groups is 1. The standard InChI is InChI=1S/C20H16ClF2N3O3S/c21-15-5-3-14(4-6-15)12-26(30(28,29)17-2-1-9-24-11-17)13-20(27)25-19-8-7-16(22)10-18(19)23/h1-11H,12-13H2,(H,25,27). The average Bonchev–Trinajstić information content (AvgIpc) is 2.72. The Morgan fingerprint density at radius 2 is 1.83 bits per heavy atom. The van der Waals surface area contributed by atoms with E-state index in [9.17, 15) is 22.0 Å². The lowest BCUT2D eigenvalue weighted by Gasteiger charge is -2.22. The molecule has 0 unspecified atom stereocenters. The number of anilines is 1. The van der Waals surface area contributed by atoms with Crippen LogP contribution in [-0.4, -0.2) is 30.2 Å². The molecule has 6 nitrogen and oxygen atoms in total. The molecule has 0 atom stereocenters. The summed E-state index contributed by atoms with van der Waals surface area (Å²) in [5, 5.41) is 2.74. The molecule has 2 aromatic carbocycles. The van der Waals surface area contributed by atoms with E-state index in [1.54, 1.807) is 24.3 Å². The van der Waals surface area contributed by atoms with Gasteiger partial charge in [-0.3, -0.25) is 9.78 Å². The van der Waals surface area contributed by atoms with Crippen LogP contribution >= 0.6 is 11.6 Å². The van der Waals surface area contributed by atoms with Crippen LogP contribution in [0.4, 0.5) is 14.5 Å². The molecule has 0 saturated heterocycles. The summed E-state index contributed by atoms with van der Waals surface area (Å²) < 4.78 is 53.9. The van der Waals surface area contributed by atoms with Crippen LogP contribution in [-0.2, 0) is 21.4 Å². The van der Waals surface area contributed by atoms with Crippen LogP contribution in [0.2, 0.25) is 5.02 Å². The van der Waals surface area contributed by atoms with Crippen molar-refractivity contribution >= 4 is 33.2 Å². The minimum absolute atomic E-state index is 0.0975. The van der Waals surface area contributed by atoms with Gasteiger partial charge in [0.05, 0.1) is 12.2 Å². The first-order valence-electron chi connectivity index (χ1n) is 8.65. The van der Waals surface area contributed by atoms with E-state index in [1.807, 2.05) is 0 Å². The number of aromatic nitrogens is 1. The topological polar surface area (TPSA) is 79.4 Å². The van der Waals surface area contributed by atoms with E-state index in [1.165, 1.54) is 24.5 Å². The van der Waals surface area contributed by atoms with E-state index in [2.05, 4.69) is 10.3 Å².